The molecule has 0 saturated carbocycles. The van der Waals surface area contributed by atoms with E-state index in [4.69, 9.17) is 4.52 Å². The summed E-state index contributed by atoms with van der Waals surface area (Å²) in [5.74, 6) is 1.90. The minimum absolute atomic E-state index is 0.718. The molecule has 0 aliphatic carbocycles. The van der Waals surface area contributed by atoms with Crippen molar-refractivity contribution in [3.05, 3.63) is 47.1 Å². The molecule has 3 aromatic rings. The highest BCUT2D eigenvalue weighted by molar-refractivity contribution is 5.75. The summed E-state index contributed by atoms with van der Waals surface area (Å²) in [5.41, 5.74) is 4.26. The molecule has 0 saturated heterocycles. The van der Waals surface area contributed by atoms with Gasteiger partial charge in [-0.15, -0.1) is 0 Å². The number of imidazole rings is 1. The first-order chi connectivity index (χ1) is 9.66. The standard InChI is InChI=1S/C15H18N4O/c1-10-12(11(2)20-18-10)8-16-9-15-17-13-6-4-5-7-14(13)19(15)3/h4-7,16H,8-9H2,1-3H3. The van der Waals surface area contributed by atoms with Crippen LogP contribution in [0.4, 0.5) is 0 Å². The lowest BCUT2D eigenvalue weighted by molar-refractivity contribution is 0.391. The molecule has 104 valence electrons. The van der Waals surface area contributed by atoms with Gasteiger partial charge >= 0.3 is 0 Å². The molecule has 3 rings (SSSR count). The topological polar surface area (TPSA) is 55.9 Å². The predicted octanol–water partition coefficient (Wildman–Crippen LogP) is 2.47. The second-order valence-corrected chi connectivity index (χ2v) is 4.98. The van der Waals surface area contributed by atoms with Crippen molar-refractivity contribution in [1.82, 2.24) is 20.0 Å². The van der Waals surface area contributed by atoms with Gasteiger partial charge in [0.25, 0.3) is 0 Å². The average molecular weight is 270 g/mol. The van der Waals surface area contributed by atoms with Gasteiger partial charge in [-0.1, -0.05) is 17.3 Å². The van der Waals surface area contributed by atoms with Crippen molar-refractivity contribution in [2.24, 2.45) is 7.05 Å². The van der Waals surface area contributed by atoms with E-state index < -0.39 is 0 Å². The largest absolute Gasteiger partial charge is 0.361 e. The highest BCUT2D eigenvalue weighted by Crippen LogP contribution is 2.15. The Bertz CT molecular complexity index is 722. The molecule has 2 heterocycles. The highest BCUT2D eigenvalue weighted by atomic mass is 16.5. The fraction of sp³-hybridized carbons (Fsp3) is 0.333. The van der Waals surface area contributed by atoms with Gasteiger partial charge in [-0.2, -0.15) is 0 Å². The molecular weight excluding hydrogens is 252 g/mol. The lowest BCUT2D eigenvalue weighted by Crippen LogP contribution is -2.16. The summed E-state index contributed by atoms with van der Waals surface area (Å²) in [6, 6.07) is 8.16. The molecule has 0 fully saturated rings. The Kier molecular flexibility index (Phi) is 3.28. The van der Waals surface area contributed by atoms with E-state index in [9.17, 15) is 0 Å². The van der Waals surface area contributed by atoms with Gasteiger partial charge in [0, 0.05) is 19.2 Å². The van der Waals surface area contributed by atoms with Crippen LogP contribution in [0.3, 0.4) is 0 Å². The van der Waals surface area contributed by atoms with Gasteiger partial charge in [-0.05, 0) is 26.0 Å². The summed E-state index contributed by atoms with van der Waals surface area (Å²) in [5, 5.41) is 7.36. The highest BCUT2D eigenvalue weighted by Gasteiger charge is 2.10. The minimum atomic E-state index is 0.718. The number of aromatic nitrogens is 3. The van der Waals surface area contributed by atoms with Gasteiger partial charge in [-0.3, -0.25) is 0 Å². The van der Waals surface area contributed by atoms with Gasteiger partial charge < -0.3 is 14.4 Å². The predicted molar refractivity (Wildman–Crippen MR) is 77.2 cm³/mol. The quantitative estimate of drug-likeness (QED) is 0.791. The molecule has 0 radical (unpaired) electrons. The zero-order valence-corrected chi connectivity index (χ0v) is 12.0. The fourth-order valence-corrected chi connectivity index (χ4v) is 2.41. The third-order valence-corrected chi connectivity index (χ3v) is 3.65. The van der Waals surface area contributed by atoms with Gasteiger partial charge in [0.1, 0.15) is 11.6 Å². The van der Waals surface area contributed by atoms with Crippen LogP contribution < -0.4 is 5.32 Å². The molecule has 5 nitrogen and oxygen atoms in total. The Balaban J connectivity index is 1.73. The van der Waals surface area contributed by atoms with E-state index in [2.05, 4.69) is 26.1 Å². The van der Waals surface area contributed by atoms with Crippen LogP contribution in [0.1, 0.15) is 22.8 Å². The molecule has 20 heavy (non-hydrogen) atoms. The van der Waals surface area contributed by atoms with Gasteiger partial charge in [0.15, 0.2) is 0 Å². The number of para-hydroxylation sites is 2. The van der Waals surface area contributed by atoms with Gasteiger partial charge in [-0.25, -0.2) is 4.98 Å². The van der Waals surface area contributed by atoms with E-state index in [0.717, 1.165) is 47.0 Å². The molecule has 0 spiro atoms. The van der Waals surface area contributed by atoms with Crippen molar-refractivity contribution < 1.29 is 4.52 Å². The lowest BCUT2D eigenvalue weighted by Gasteiger charge is -2.05. The number of nitrogens with one attached hydrogen (secondary N) is 1. The van der Waals surface area contributed by atoms with Crippen LogP contribution in [0.15, 0.2) is 28.8 Å². The van der Waals surface area contributed by atoms with Crippen molar-refractivity contribution in [3.8, 4) is 0 Å². The summed E-state index contributed by atoms with van der Waals surface area (Å²) in [6.45, 7) is 5.36. The molecule has 0 aliphatic heterocycles. The van der Waals surface area contributed by atoms with E-state index in [1.54, 1.807) is 0 Å². The molecule has 2 aromatic heterocycles. The molecule has 1 N–H and O–H groups in total. The van der Waals surface area contributed by atoms with Crippen LogP contribution in [0.5, 0.6) is 0 Å². The zero-order chi connectivity index (χ0) is 14.1. The van der Waals surface area contributed by atoms with Crippen molar-refractivity contribution in [1.29, 1.82) is 0 Å². The molecule has 0 amide bonds. The van der Waals surface area contributed by atoms with E-state index in [0.29, 0.717) is 0 Å². The summed E-state index contributed by atoms with van der Waals surface area (Å²) in [4.78, 5) is 4.64. The maximum atomic E-state index is 5.16. The first-order valence-corrected chi connectivity index (χ1v) is 6.69. The maximum Gasteiger partial charge on any atom is 0.138 e. The Morgan fingerprint density at radius 2 is 2.00 bits per heavy atom. The number of benzene rings is 1. The molecule has 5 heteroatoms. The number of fused-ring (bicyclic) bond motifs is 1. The summed E-state index contributed by atoms with van der Waals surface area (Å²) in [7, 11) is 2.04. The zero-order valence-electron chi connectivity index (χ0n) is 12.0. The minimum Gasteiger partial charge on any atom is -0.361 e. The Hall–Kier alpha value is -2.14. The monoisotopic (exact) mass is 270 g/mol. The van der Waals surface area contributed by atoms with Gasteiger partial charge in [0.2, 0.25) is 0 Å². The summed E-state index contributed by atoms with van der Waals surface area (Å²) < 4.78 is 7.28. The normalized spacial score (nSPS) is 11.3. The van der Waals surface area contributed by atoms with Crippen LogP contribution >= 0.6 is 0 Å². The second kappa shape index (κ2) is 5.09. The molecule has 0 aliphatic rings. The number of hydrogen-bond donors (Lipinski definition) is 1. The second-order valence-electron chi connectivity index (χ2n) is 4.98. The first-order valence-electron chi connectivity index (χ1n) is 6.69. The van der Waals surface area contributed by atoms with E-state index in [-0.39, 0.29) is 0 Å². The Labute approximate surface area is 117 Å². The molecule has 0 atom stereocenters. The van der Waals surface area contributed by atoms with Crippen LogP contribution in [0.2, 0.25) is 0 Å². The smallest absolute Gasteiger partial charge is 0.138 e. The van der Waals surface area contributed by atoms with E-state index in [1.807, 2.05) is 39.1 Å². The van der Waals surface area contributed by atoms with Crippen LogP contribution in [0.25, 0.3) is 11.0 Å². The maximum absolute atomic E-state index is 5.16. The first kappa shape index (κ1) is 12.9. The summed E-state index contributed by atoms with van der Waals surface area (Å²) >= 11 is 0. The van der Waals surface area contributed by atoms with Crippen LogP contribution in [0, 0.1) is 13.8 Å². The average Bonchev–Trinajstić information content (AvgIpc) is 2.94. The fourth-order valence-electron chi connectivity index (χ4n) is 2.41. The number of aryl methyl sites for hydroxylation is 3. The lowest BCUT2D eigenvalue weighted by atomic mass is 10.2. The third kappa shape index (κ3) is 2.20. The Morgan fingerprint density at radius 3 is 2.70 bits per heavy atom. The number of nitrogens with zero attached hydrogens (tertiary/aromatic N) is 3. The van der Waals surface area contributed by atoms with Crippen molar-refractivity contribution >= 4 is 11.0 Å². The van der Waals surface area contributed by atoms with Crippen LogP contribution in [-0.2, 0) is 20.1 Å². The van der Waals surface area contributed by atoms with Gasteiger partial charge in [0.05, 0.1) is 23.3 Å². The van der Waals surface area contributed by atoms with Crippen molar-refractivity contribution in [3.63, 3.8) is 0 Å². The molecular formula is C15H18N4O. The van der Waals surface area contributed by atoms with Crippen LogP contribution in [-0.4, -0.2) is 14.7 Å². The Morgan fingerprint density at radius 1 is 1.20 bits per heavy atom. The number of hydrogen-bond acceptors (Lipinski definition) is 4. The number of rotatable bonds is 4. The van der Waals surface area contributed by atoms with E-state index in [1.165, 1.54) is 0 Å². The molecule has 0 bridgehead atoms. The van der Waals surface area contributed by atoms with Crippen molar-refractivity contribution in [2.45, 2.75) is 26.9 Å². The molecule has 1 aromatic carbocycles. The third-order valence-electron chi connectivity index (χ3n) is 3.65. The van der Waals surface area contributed by atoms with E-state index >= 15 is 0 Å². The van der Waals surface area contributed by atoms with Crippen molar-refractivity contribution in [2.75, 3.05) is 0 Å². The molecule has 0 unspecified atom stereocenters. The SMILES string of the molecule is Cc1noc(C)c1CNCc1nc2ccccc2n1C. The summed E-state index contributed by atoms with van der Waals surface area (Å²) in [6.07, 6.45) is 0.